The summed E-state index contributed by atoms with van der Waals surface area (Å²) in [4.78, 5) is 12.8. The molecule has 2 nitrogen and oxygen atoms in total. The van der Waals surface area contributed by atoms with Gasteiger partial charge in [-0.25, -0.2) is 0 Å². The first-order chi connectivity index (χ1) is 9.90. The fourth-order valence-electron chi connectivity index (χ4n) is 2.80. The average Bonchev–Trinajstić information content (AvgIpc) is 2.81. The van der Waals surface area contributed by atoms with Crippen molar-refractivity contribution in [3.63, 3.8) is 0 Å². The fraction of sp³-hybridized carbons (Fsp3) is 0.353. The number of halogens is 2. The van der Waals surface area contributed by atoms with Gasteiger partial charge in [0, 0.05) is 0 Å². The molecule has 0 saturated carbocycles. The van der Waals surface area contributed by atoms with E-state index in [9.17, 15) is 4.79 Å². The molecule has 1 amide bonds. The Morgan fingerprint density at radius 3 is 2.13 bits per heavy atom. The summed E-state index contributed by atoms with van der Waals surface area (Å²) in [6, 6.07) is 6.07. The number of amides is 1. The van der Waals surface area contributed by atoms with E-state index in [0.717, 1.165) is 23.1 Å². The van der Waals surface area contributed by atoms with Crippen LogP contribution in [-0.4, -0.2) is 11.8 Å². The molecular weight excluding hydrogens is 424 g/mol. The van der Waals surface area contributed by atoms with Gasteiger partial charge >= 0.3 is 137 Å². The van der Waals surface area contributed by atoms with Crippen LogP contribution >= 0.6 is 0 Å². The number of benzene rings is 1. The molecule has 1 N–H and O–H groups in total. The number of carbonyl (C=O) groups excluding carboxylic acids is 1. The van der Waals surface area contributed by atoms with E-state index in [2.05, 4.69) is 35.4 Å². The molecule has 0 heterocycles. The van der Waals surface area contributed by atoms with Crippen LogP contribution in [0.5, 0.6) is 0 Å². The third-order valence-electron chi connectivity index (χ3n) is 3.93. The maximum Gasteiger partial charge on any atom is -1.00 e. The first-order valence-electron chi connectivity index (χ1n) is 7.52. The first kappa shape index (κ1) is 22.9. The van der Waals surface area contributed by atoms with E-state index >= 15 is 0 Å². The molecule has 1 aliphatic rings. The Morgan fingerprint density at radius 2 is 1.70 bits per heavy atom. The van der Waals surface area contributed by atoms with Crippen molar-refractivity contribution in [2.75, 3.05) is 0 Å². The molecule has 0 saturated heterocycles. The molecule has 2 rings (SSSR count). The molecule has 6 heteroatoms. The SMILES string of the molecule is CC1=CC[C]([Zr+2]([NH]C(=O)c2c(C)cccc2C)[SiH](C)C)=C1.[Cl-].[Cl-]. The minimum absolute atomic E-state index is 0. The monoisotopic (exact) mass is 446 g/mol. The smallest absolute Gasteiger partial charge is 1.00 e. The van der Waals surface area contributed by atoms with E-state index in [0.29, 0.717) is 0 Å². The summed E-state index contributed by atoms with van der Waals surface area (Å²) in [7, 11) is 0. The normalized spacial score (nSPS) is 12.8. The zero-order valence-corrected chi connectivity index (χ0v) is 19.5. The van der Waals surface area contributed by atoms with Crippen molar-refractivity contribution in [3.05, 3.63) is 55.9 Å². The first-order valence-corrected chi connectivity index (χ1v) is 17.1. The Labute approximate surface area is 161 Å². The van der Waals surface area contributed by atoms with E-state index in [-0.39, 0.29) is 30.7 Å². The van der Waals surface area contributed by atoms with Crippen molar-refractivity contribution in [1.82, 2.24) is 3.26 Å². The second-order valence-electron chi connectivity index (χ2n) is 6.11. The maximum atomic E-state index is 12.8. The topological polar surface area (TPSA) is 29.1 Å². The second kappa shape index (κ2) is 9.98. The van der Waals surface area contributed by atoms with Gasteiger partial charge in [0.25, 0.3) is 0 Å². The molecule has 0 atom stereocenters. The number of rotatable bonds is 4. The standard InChI is InChI=1S/C9H11NO.C6H7.C2H7Si.2ClH.Zr/c1-6-4-3-5-7(2)8(6)9(10)11;1-6-4-2-3-5-6;1-3-2;;;/h3-5H,1-2H3,(H2,10,11);4-5H,2H2,1H3;3H,1-2H3;2*1H;/q;;;;;+3/p-3. The summed E-state index contributed by atoms with van der Waals surface area (Å²) in [5, 5.41) is 0. The Kier molecular flexibility index (Phi) is 9.92. The van der Waals surface area contributed by atoms with E-state index < -0.39 is 27.1 Å². The third kappa shape index (κ3) is 5.70. The molecule has 1 aromatic rings. The number of hydrogen-bond donors (Lipinski definition) is 1. The van der Waals surface area contributed by atoms with Gasteiger partial charge in [-0.15, -0.1) is 0 Å². The van der Waals surface area contributed by atoms with Gasteiger partial charge in [0.15, 0.2) is 0 Å². The van der Waals surface area contributed by atoms with Crippen LogP contribution < -0.4 is 28.1 Å². The Balaban J connectivity index is 0.00000242. The minimum atomic E-state index is -1.97. The van der Waals surface area contributed by atoms with E-state index in [1.54, 1.807) is 3.28 Å². The van der Waals surface area contributed by atoms with Crippen LogP contribution in [0.1, 0.15) is 34.8 Å². The van der Waals surface area contributed by atoms with E-state index in [1.807, 2.05) is 32.0 Å². The largest absolute Gasteiger partial charge is 1.00 e. The number of nitrogens with one attached hydrogen (secondary N) is 1. The summed E-state index contributed by atoms with van der Waals surface area (Å²) >= 11 is -1.97. The fourth-order valence-corrected chi connectivity index (χ4v) is 16.4. The summed E-state index contributed by atoms with van der Waals surface area (Å²) in [6.07, 6.45) is 5.68. The van der Waals surface area contributed by atoms with Crippen molar-refractivity contribution in [2.24, 2.45) is 0 Å². The summed E-state index contributed by atoms with van der Waals surface area (Å²) < 4.78 is 5.06. The Hall–Kier alpha value is -0.150. The van der Waals surface area contributed by atoms with Gasteiger partial charge in [-0.1, -0.05) is 0 Å². The van der Waals surface area contributed by atoms with Gasteiger partial charge in [-0.3, -0.25) is 0 Å². The number of hydrogen-bond acceptors (Lipinski definition) is 1. The molecule has 0 spiro atoms. The van der Waals surface area contributed by atoms with E-state index in [4.69, 9.17) is 0 Å². The van der Waals surface area contributed by atoms with Crippen molar-refractivity contribution in [1.29, 1.82) is 0 Å². The average molecular weight is 449 g/mol. The van der Waals surface area contributed by atoms with Crippen LogP contribution in [0.2, 0.25) is 13.1 Å². The zero-order valence-electron chi connectivity index (χ0n) is 14.3. The van der Waals surface area contributed by atoms with Crippen LogP contribution in [-0.2, 0) is 21.2 Å². The van der Waals surface area contributed by atoms with Gasteiger partial charge in [-0.2, -0.15) is 0 Å². The van der Waals surface area contributed by atoms with Crippen LogP contribution in [0, 0.1) is 13.8 Å². The molecule has 0 radical (unpaired) electrons. The number of allylic oxidation sites excluding steroid dienone is 4. The van der Waals surface area contributed by atoms with Gasteiger partial charge in [0.2, 0.25) is 0 Å². The van der Waals surface area contributed by atoms with Crippen LogP contribution in [0.3, 0.4) is 0 Å². The third-order valence-corrected chi connectivity index (χ3v) is 20.4. The summed E-state index contributed by atoms with van der Waals surface area (Å²) in [5.41, 5.74) is 4.40. The van der Waals surface area contributed by atoms with Crippen LogP contribution in [0.15, 0.2) is 39.2 Å². The van der Waals surface area contributed by atoms with Crippen molar-refractivity contribution < 1.29 is 50.8 Å². The molecule has 0 aromatic heterocycles. The predicted molar refractivity (Wildman–Crippen MR) is 88.7 cm³/mol. The number of aryl methyl sites for hydroxylation is 2. The molecule has 0 bridgehead atoms. The maximum absolute atomic E-state index is 12.8. The molecule has 23 heavy (non-hydrogen) atoms. The van der Waals surface area contributed by atoms with Crippen molar-refractivity contribution in [2.45, 2.75) is 40.3 Å². The van der Waals surface area contributed by atoms with Gasteiger partial charge in [-0.05, 0) is 0 Å². The Bertz CT molecular complexity index is 609. The quantitative estimate of drug-likeness (QED) is 0.521. The van der Waals surface area contributed by atoms with Gasteiger partial charge in [0.1, 0.15) is 0 Å². The van der Waals surface area contributed by atoms with Crippen LogP contribution in [0.4, 0.5) is 0 Å². The molecule has 0 aliphatic heterocycles. The second-order valence-corrected chi connectivity index (χ2v) is 24.6. The minimum Gasteiger partial charge on any atom is -1.00 e. The van der Waals surface area contributed by atoms with Crippen molar-refractivity contribution in [3.8, 4) is 0 Å². The molecule has 0 fully saturated rings. The van der Waals surface area contributed by atoms with Crippen molar-refractivity contribution >= 4 is 11.8 Å². The molecular formula is C17H24Cl2NOSiZr. The summed E-state index contributed by atoms with van der Waals surface area (Å²) in [5.74, 6) is -0.655. The zero-order chi connectivity index (χ0) is 15.6. The Morgan fingerprint density at radius 1 is 1.13 bits per heavy atom. The molecule has 125 valence electrons. The van der Waals surface area contributed by atoms with Gasteiger partial charge < -0.3 is 24.8 Å². The molecule has 0 unspecified atom stereocenters. The number of carbonyl (C=O) groups is 1. The molecule has 1 aromatic carbocycles. The summed E-state index contributed by atoms with van der Waals surface area (Å²) in [6.45, 7) is 11.0. The van der Waals surface area contributed by atoms with Crippen LogP contribution in [0.25, 0.3) is 0 Å². The van der Waals surface area contributed by atoms with E-state index in [1.165, 1.54) is 5.57 Å². The van der Waals surface area contributed by atoms with Gasteiger partial charge in [0.05, 0.1) is 0 Å². The molecule has 1 aliphatic carbocycles. The predicted octanol–water partition coefficient (Wildman–Crippen LogP) is -2.21.